The number of rotatable bonds is 8. The smallest absolute Gasteiger partial charge is 0.301 e. The number of aryl methyl sites for hydroxylation is 2. The Morgan fingerprint density at radius 2 is 1.93 bits per heavy atom. The van der Waals surface area contributed by atoms with Crippen molar-refractivity contribution in [1.82, 2.24) is 0 Å². The van der Waals surface area contributed by atoms with Crippen LogP contribution in [0.2, 0.25) is 0 Å². The predicted molar refractivity (Wildman–Crippen MR) is 107 cm³/mol. The molecule has 0 heterocycles. The molecule has 0 aromatic heterocycles. The van der Waals surface area contributed by atoms with Crippen LogP contribution in [0, 0.1) is 34.1 Å². The molecule has 2 rings (SSSR count). The zero-order valence-electron chi connectivity index (χ0n) is 15.8. The van der Waals surface area contributed by atoms with Crippen molar-refractivity contribution in [2.45, 2.75) is 20.8 Å². The molecule has 9 heteroatoms. The van der Waals surface area contributed by atoms with Gasteiger partial charge in [0.25, 0.3) is 5.69 Å². The fourth-order valence-corrected chi connectivity index (χ4v) is 2.53. The van der Waals surface area contributed by atoms with E-state index in [1.165, 1.54) is 18.3 Å². The van der Waals surface area contributed by atoms with Crippen molar-refractivity contribution < 1.29 is 14.6 Å². The fourth-order valence-electron chi connectivity index (χ4n) is 2.53. The first-order chi connectivity index (χ1) is 13.2. The molecule has 0 unspecified atom stereocenters. The number of ether oxygens (including phenoxy) is 1. The van der Waals surface area contributed by atoms with Gasteiger partial charge in [-0.3, -0.25) is 25.7 Å². The van der Waals surface area contributed by atoms with E-state index in [1.807, 2.05) is 32.9 Å². The molecule has 0 radical (unpaired) electrons. The molecule has 28 heavy (non-hydrogen) atoms. The van der Waals surface area contributed by atoms with Crippen LogP contribution in [0.3, 0.4) is 0 Å². The molecular weight excluding hydrogens is 364 g/mol. The Morgan fingerprint density at radius 1 is 1.21 bits per heavy atom. The molecule has 2 aromatic carbocycles. The topological polar surface area (TPSA) is 120 Å². The molecule has 0 saturated heterocycles. The number of anilines is 1. The van der Waals surface area contributed by atoms with Crippen molar-refractivity contribution in [1.29, 1.82) is 0 Å². The number of nitrogens with zero attached hydrogens (tertiary/aromatic N) is 3. The molecule has 2 aromatic rings. The van der Waals surface area contributed by atoms with Gasteiger partial charge in [-0.05, 0) is 49.6 Å². The van der Waals surface area contributed by atoms with Crippen LogP contribution in [0.5, 0.6) is 5.75 Å². The van der Waals surface area contributed by atoms with Crippen LogP contribution in [-0.2, 0) is 0 Å². The van der Waals surface area contributed by atoms with E-state index in [0.717, 1.165) is 22.8 Å². The number of nitrogens with one attached hydrogen (secondary N) is 1. The van der Waals surface area contributed by atoms with Crippen LogP contribution in [0.25, 0.3) is 0 Å². The summed E-state index contributed by atoms with van der Waals surface area (Å²) in [5.41, 5.74) is 5.28. The summed E-state index contributed by atoms with van der Waals surface area (Å²) in [6, 6.07) is 7.14. The molecule has 9 nitrogen and oxygen atoms in total. The van der Waals surface area contributed by atoms with Gasteiger partial charge in [-0.25, -0.2) is 0 Å². The van der Waals surface area contributed by atoms with E-state index in [9.17, 15) is 20.2 Å². The summed E-state index contributed by atoms with van der Waals surface area (Å²) in [4.78, 5) is 20.6. The molecule has 0 aliphatic rings. The summed E-state index contributed by atoms with van der Waals surface area (Å²) >= 11 is 0. The number of non-ortho nitro benzene ring substituents is 1. The number of hydrogen-bond acceptors (Lipinski definition) is 7. The first-order valence-electron chi connectivity index (χ1n) is 8.29. The first kappa shape index (κ1) is 20.6. The van der Waals surface area contributed by atoms with Crippen LogP contribution < -0.4 is 10.2 Å². The lowest BCUT2D eigenvalue weighted by Gasteiger charge is -2.13. The minimum absolute atomic E-state index is 0.0422. The van der Waals surface area contributed by atoms with Crippen molar-refractivity contribution >= 4 is 23.3 Å². The van der Waals surface area contributed by atoms with E-state index < -0.39 is 15.5 Å². The normalized spacial score (nSPS) is 10.7. The molecule has 0 aliphatic heterocycles. The monoisotopic (exact) mass is 384 g/mol. The van der Waals surface area contributed by atoms with Gasteiger partial charge in [-0.15, -0.1) is 0 Å². The third kappa shape index (κ3) is 5.13. The second kappa shape index (κ2) is 8.76. The number of nitro groups is 2. The second-order valence-electron chi connectivity index (χ2n) is 6.33. The minimum Gasteiger partial charge on any atom is -0.488 e. The largest absolute Gasteiger partial charge is 0.488 e. The van der Waals surface area contributed by atoms with E-state index in [-0.39, 0.29) is 11.4 Å². The van der Waals surface area contributed by atoms with E-state index in [4.69, 9.17) is 4.74 Å². The highest BCUT2D eigenvalue weighted by molar-refractivity contribution is 5.85. The average Bonchev–Trinajstić information content (AvgIpc) is 2.60. The maximum absolute atomic E-state index is 11.2. The lowest BCUT2D eigenvalue weighted by Crippen LogP contribution is -2.04. The molecule has 0 spiro atoms. The molecule has 0 aliphatic carbocycles. The Morgan fingerprint density at radius 3 is 2.54 bits per heavy atom. The van der Waals surface area contributed by atoms with Crippen LogP contribution in [0.4, 0.5) is 17.1 Å². The van der Waals surface area contributed by atoms with Gasteiger partial charge in [0.05, 0.1) is 22.1 Å². The van der Waals surface area contributed by atoms with Gasteiger partial charge in [0.2, 0.25) is 0 Å². The van der Waals surface area contributed by atoms with Crippen molar-refractivity contribution in [3.63, 3.8) is 0 Å². The van der Waals surface area contributed by atoms with Crippen LogP contribution in [-0.4, -0.2) is 22.7 Å². The molecular formula is C19H20N4O5. The van der Waals surface area contributed by atoms with Crippen LogP contribution in [0.1, 0.15) is 23.6 Å². The summed E-state index contributed by atoms with van der Waals surface area (Å²) in [5, 5.41) is 26.0. The molecule has 0 fully saturated rings. The molecule has 1 N–H and O–H groups in total. The highest BCUT2D eigenvalue weighted by Crippen LogP contribution is 2.29. The SMILES string of the molecule is C=C(C)COc1c(C)cc(C)cc1C=NNc1ccc([N+](=O)[O-])cc1[N+](=O)[O-]. The second-order valence-corrected chi connectivity index (χ2v) is 6.33. The summed E-state index contributed by atoms with van der Waals surface area (Å²) in [6.45, 7) is 9.86. The zero-order chi connectivity index (χ0) is 20.8. The molecule has 0 saturated carbocycles. The van der Waals surface area contributed by atoms with E-state index in [0.29, 0.717) is 17.9 Å². The predicted octanol–water partition coefficient (Wildman–Crippen LogP) is 4.52. The highest BCUT2D eigenvalue weighted by atomic mass is 16.6. The Kier molecular flexibility index (Phi) is 6.43. The zero-order valence-corrected chi connectivity index (χ0v) is 15.8. The summed E-state index contributed by atoms with van der Waals surface area (Å²) in [5.74, 6) is 0.636. The van der Waals surface area contributed by atoms with Crippen molar-refractivity contribution in [3.8, 4) is 5.75 Å². The maximum Gasteiger partial charge on any atom is 0.301 e. The van der Waals surface area contributed by atoms with Crippen molar-refractivity contribution in [3.05, 3.63) is 79.4 Å². The average molecular weight is 384 g/mol. The number of nitro benzene ring substituents is 2. The van der Waals surface area contributed by atoms with Gasteiger partial charge < -0.3 is 4.74 Å². The van der Waals surface area contributed by atoms with E-state index >= 15 is 0 Å². The Bertz CT molecular complexity index is 969. The third-order valence-corrected chi connectivity index (χ3v) is 3.69. The lowest BCUT2D eigenvalue weighted by molar-refractivity contribution is -0.393. The summed E-state index contributed by atoms with van der Waals surface area (Å²) in [7, 11) is 0. The van der Waals surface area contributed by atoms with Crippen LogP contribution >= 0.6 is 0 Å². The van der Waals surface area contributed by atoms with Gasteiger partial charge in [-0.2, -0.15) is 5.10 Å². The maximum atomic E-state index is 11.2. The van der Waals surface area contributed by atoms with Gasteiger partial charge >= 0.3 is 5.69 Å². The molecule has 146 valence electrons. The van der Waals surface area contributed by atoms with Gasteiger partial charge in [0.1, 0.15) is 18.0 Å². The number of hydrogen-bond donors (Lipinski definition) is 1. The number of hydrazone groups is 1. The highest BCUT2D eigenvalue weighted by Gasteiger charge is 2.19. The van der Waals surface area contributed by atoms with Gasteiger partial charge in [0.15, 0.2) is 0 Å². The summed E-state index contributed by atoms with van der Waals surface area (Å²) < 4.78 is 5.79. The van der Waals surface area contributed by atoms with Crippen LogP contribution in [0.15, 0.2) is 47.6 Å². The quantitative estimate of drug-likeness (QED) is 0.309. The molecule has 0 bridgehead atoms. The number of benzene rings is 2. The fraction of sp³-hybridized carbons (Fsp3) is 0.211. The minimum atomic E-state index is -0.705. The van der Waals surface area contributed by atoms with Crippen molar-refractivity contribution in [2.75, 3.05) is 12.0 Å². The Balaban J connectivity index is 2.31. The molecule has 0 amide bonds. The standard InChI is InChI=1S/C19H20N4O5/c1-12(2)11-28-19-14(4)7-13(3)8-15(19)10-20-21-17-6-5-16(22(24)25)9-18(17)23(26)27/h5-10,21H,1,11H2,2-4H3. The van der Waals surface area contributed by atoms with Gasteiger partial charge in [0, 0.05) is 11.6 Å². The van der Waals surface area contributed by atoms with Crippen molar-refractivity contribution in [2.24, 2.45) is 5.10 Å². The van der Waals surface area contributed by atoms with E-state index in [2.05, 4.69) is 17.1 Å². The Labute approximate surface area is 161 Å². The third-order valence-electron chi connectivity index (χ3n) is 3.69. The molecule has 0 atom stereocenters. The summed E-state index contributed by atoms with van der Waals surface area (Å²) in [6.07, 6.45) is 1.49. The van der Waals surface area contributed by atoms with E-state index in [1.54, 1.807) is 0 Å². The first-order valence-corrected chi connectivity index (χ1v) is 8.29. The van der Waals surface area contributed by atoms with Gasteiger partial charge in [-0.1, -0.05) is 12.6 Å². The lowest BCUT2D eigenvalue weighted by atomic mass is 10.1. The Hall–Kier alpha value is -3.75.